The third kappa shape index (κ3) is 8.10. The average molecular weight is 570 g/mol. The van der Waals surface area contributed by atoms with Crippen molar-refractivity contribution in [3.8, 4) is 23.3 Å². The first-order valence-electron chi connectivity index (χ1n) is 15.4. The molecule has 0 spiro atoms. The summed E-state index contributed by atoms with van der Waals surface area (Å²) in [6, 6.07) is 3.65. The molecule has 0 amide bonds. The second kappa shape index (κ2) is 15.2. The maximum Gasteiger partial charge on any atom is 0.160 e. The molecule has 1 aliphatic heterocycles. The summed E-state index contributed by atoms with van der Waals surface area (Å²) >= 11 is 0. The Morgan fingerprint density at radius 1 is 1.05 bits per heavy atom. The number of hydrogen-bond acceptors (Lipinski definition) is 8. The molecule has 8 heteroatoms. The number of aliphatic hydroxyl groups is 3. The zero-order valence-electron chi connectivity index (χ0n) is 24.3. The predicted octanol–water partition coefficient (Wildman–Crippen LogP) is 3.27. The molecule has 1 heterocycles. The average Bonchev–Trinajstić information content (AvgIpc) is 3.02. The fourth-order valence-electron chi connectivity index (χ4n) is 7.20. The second-order valence-electron chi connectivity index (χ2n) is 12.2. The Labute approximate surface area is 243 Å². The Hall–Kier alpha value is -2.44. The van der Waals surface area contributed by atoms with Gasteiger partial charge in [-0.3, -0.25) is 9.59 Å². The fourth-order valence-corrected chi connectivity index (χ4v) is 7.20. The molecule has 2 aliphatic carbocycles. The Balaban J connectivity index is 1.40. The van der Waals surface area contributed by atoms with E-state index in [2.05, 4.69) is 17.2 Å². The van der Waals surface area contributed by atoms with Crippen LogP contribution in [-0.4, -0.2) is 71.0 Å². The normalized spacial score (nSPS) is 27.8. The number of piperidine rings is 1. The first-order valence-corrected chi connectivity index (χ1v) is 15.4. The number of aliphatic hydroxyl groups excluding tert-OH is 3. The van der Waals surface area contributed by atoms with Crippen molar-refractivity contribution in [2.24, 2.45) is 23.7 Å². The fraction of sp³-hybridized carbons (Fsp3) is 0.697. The summed E-state index contributed by atoms with van der Waals surface area (Å²) < 4.78 is 5.27. The Morgan fingerprint density at radius 2 is 1.85 bits per heavy atom. The van der Waals surface area contributed by atoms with E-state index in [0.717, 1.165) is 56.2 Å². The quantitative estimate of drug-likeness (QED) is 0.242. The van der Waals surface area contributed by atoms with Crippen molar-refractivity contribution in [1.29, 1.82) is 0 Å². The Morgan fingerprint density at radius 3 is 2.61 bits per heavy atom. The van der Waals surface area contributed by atoms with Gasteiger partial charge in [-0.2, -0.15) is 0 Å². The predicted molar refractivity (Wildman–Crippen MR) is 156 cm³/mol. The number of aromatic hydroxyl groups is 1. The summed E-state index contributed by atoms with van der Waals surface area (Å²) in [7, 11) is 1.48. The number of carbonyl (C=O) groups is 2. The molecule has 1 saturated heterocycles. The highest BCUT2D eigenvalue weighted by Crippen LogP contribution is 2.38. The number of ether oxygens (including phenoxy) is 1. The van der Waals surface area contributed by atoms with E-state index in [9.17, 15) is 30.0 Å². The molecule has 2 fully saturated rings. The molecule has 0 bridgehead atoms. The van der Waals surface area contributed by atoms with E-state index in [0.29, 0.717) is 67.4 Å². The molecule has 1 saturated carbocycles. The van der Waals surface area contributed by atoms with Crippen LogP contribution in [0.1, 0.15) is 87.7 Å². The number of ketones is 2. The van der Waals surface area contributed by atoms with Gasteiger partial charge < -0.3 is 30.5 Å². The van der Waals surface area contributed by atoms with E-state index >= 15 is 0 Å². The van der Waals surface area contributed by atoms with Gasteiger partial charge in [-0.15, -0.1) is 0 Å². The summed E-state index contributed by atoms with van der Waals surface area (Å²) in [5, 5.41) is 44.3. The number of phenolic OH excluding ortho intramolecular Hbond substituents is 1. The van der Waals surface area contributed by atoms with Gasteiger partial charge in [0.05, 0.1) is 13.2 Å². The van der Waals surface area contributed by atoms with Crippen LogP contribution >= 0.6 is 0 Å². The van der Waals surface area contributed by atoms with Crippen LogP contribution in [0, 0.1) is 35.5 Å². The molecule has 4 rings (SSSR count). The highest BCUT2D eigenvalue weighted by molar-refractivity contribution is 5.85. The zero-order valence-corrected chi connectivity index (χ0v) is 24.3. The van der Waals surface area contributed by atoms with Crippen LogP contribution < -0.4 is 10.1 Å². The molecule has 3 aliphatic rings. The number of phenols is 1. The molecule has 0 radical (unpaired) electrons. The lowest BCUT2D eigenvalue weighted by Crippen LogP contribution is -2.50. The monoisotopic (exact) mass is 569 g/mol. The van der Waals surface area contributed by atoms with E-state index in [4.69, 9.17) is 4.74 Å². The lowest BCUT2D eigenvalue weighted by atomic mass is 9.70. The van der Waals surface area contributed by atoms with E-state index < -0.39 is 12.0 Å². The largest absolute Gasteiger partial charge is 0.504 e. The van der Waals surface area contributed by atoms with Gasteiger partial charge in [0.1, 0.15) is 11.7 Å². The van der Waals surface area contributed by atoms with Gasteiger partial charge in [0, 0.05) is 44.4 Å². The number of nitrogens with one attached hydrogen (secondary N) is 1. The first kappa shape index (κ1) is 31.5. The highest BCUT2D eigenvalue weighted by Gasteiger charge is 2.37. The summed E-state index contributed by atoms with van der Waals surface area (Å²) in [4.78, 5) is 25.1. The van der Waals surface area contributed by atoms with Crippen LogP contribution in [0.3, 0.4) is 0 Å². The van der Waals surface area contributed by atoms with Crippen LogP contribution in [0.25, 0.3) is 0 Å². The number of methoxy groups -OCH3 is 1. The van der Waals surface area contributed by atoms with Gasteiger partial charge in [0.2, 0.25) is 0 Å². The third-order valence-corrected chi connectivity index (χ3v) is 9.55. The number of benzene rings is 1. The standard InChI is InChI=1S/C33H47NO7/c1-41-33-17-23-9-12-31(39)27(11-8-22(13-15-36)28(23)19-32(33)40)30(38)6-2-4-21(5-3-14-35)25-16-24-7-10-26(37)18-29(24)34-20-25/h17,19,21-22,24-25,27,29-30,34-36,38,40H,2-7,9-10,12-16,18,20H2,1H3. The summed E-state index contributed by atoms with van der Waals surface area (Å²) in [6.45, 7) is 0.954. The molecule has 8 nitrogen and oxygen atoms in total. The number of Topliss-reactive ketones (excluding diaryl/α,β-unsaturated/α-hetero) is 2. The van der Waals surface area contributed by atoms with Crippen molar-refractivity contribution in [2.75, 3.05) is 26.9 Å². The van der Waals surface area contributed by atoms with Crippen molar-refractivity contribution in [3.63, 3.8) is 0 Å². The van der Waals surface area contributed by atoms with Gasteiger partial charge in [-0.05, 0) is 92.5 Å². The number of fused-ring (bicyclic) bond motifs is 2. The van der Waals surface area contributed by atoms with Gasteiger partial charge in [0.25, 0.3) is 0 Å². The third-order valence-electron chi connectivity index (χ3n) is 9.55. The highest BCUT2D eigenvalue weighted by atomic mass is 16.5. The minimum Gasteiger partial charge on any atom is -0.504 e. The molecule has 41 heavy (non-hydrogen) atoms. The van der Waals surface area contributed by atoms with Crippen molar-refractivity contribution < 1.29 is 34.8 Å². The number of carbonyl (C=O) groups excluding carboxylic acids is 2. The van der Waals surface area contributed by atoms with Gasteiger partial charge in [-0.25, -0.2) is 0 Å². The maximum absolute atomic E-state index is 13.2. The molecule has 7 unspecified atom stereocenters. The molecular weight excluding hydrogens is 522 g/mol. The Bertz CT molecular complexity index is 1110. The van der Waals surface area contributed by atoms with Crippen molar-refractivity contribution >= 4 is 11.6 Å². The molecule has 1 aromatic carbocycles. The minimum atomic E-state index is -0.884. The maximum atomic E-state index is 13.2. The zero-order chi connectivity index (χ0) is 29.4. The molecule has 0 aromatic heterocycles. The van der Waals surface area contributed by atoms with E-state index in [1.807, 2.05) is 0 Å². The van der Waals surface area contributed by atoms with Crippen LogP contribution in [0.4, 0.5) is 0 Å². The van der Waals surface area contributed by atoms with E-state index in [-0.39, 0.29) is 37.1 Å². The summed E-state index contributed by atoms with van der Waals surface area (Å²) in [5.41, 5.74) is 1.64. The smallest absolute Gasteiger partial charge is 0.160 e. The minimum absolute atomic E-state index is 0.00503. The first-order chi connectivity index (χ1) is 19.8. The van der Waals surface area contributed by atoms with E-state index in [1.54, 1.807) is 12.1 Å². The van der Waals surface area contributed by atoms with Crippen LogP contribution in [0.15, 0.2) is 12.1 Å². The number of hydrogen-bond donors (Lipinski definition) is 5. The molecule has 7 atom stereocenters. The Kier molecular flexibility index (Phi) is 11.6. The van der Waals surface area contributed by atoms with Crippen molar-refractivity contribution in [3.05, 3.63) is 23.3 Å². The molecule has 5 N–H and O–H groups in total. The van der Waals surface area contributed by atoms with Gasteiger partial charge in [-0.1, -0.05) is 24.7 Å². The van der Waals surface area contributed by atoms with Crippen LogP contribution in [0.2, 0.25) is 0 Å². The number of aryl methyl sites for hydroxylation is 1. The lowest BCUT2D eigenvalue weighted by molar-refractivity contribution is -0.124. The van der Waals surface area contributed by atoms with Crippen molar-refractivity contribution in [1.82, 2.24) is 5.32 Å². The topological polar surface area (TPSA) is 136 Å². The second-order valence-corrected chi connectivity index (χ2v) is 12.2. The number of rotatable bonds is 12. The molecule has 1 aromatic rings. The summed E-state index contributed by atoms with van der Waals surface area (Å²) in [6.07, 6.45) is 7.32. The SMILES string of the molecule is COc1cc2c(cc1O)C(CCO)C#CC(C(O)CCCC(CCCO)C1CNC3CC(=O)CCC3C1)C(=O)CC2. The van der Waals surface area contributed by atoms with Crippen molar-refractivity contribution in [2.45, 2.75) is 95.1 Å². The molecule has 226 valence electrons. The summed E-state index contributed by atoms with van der Waals surface area (Å²) in [5.74, 6) is 7.05. The van der Waals surface area contributed by atoms with Crippen LogP contribution in [-0.2, 0) is 16.0 Å². The van der Waals surface area contributed by atoms with Gasteiger partial charge in [0.15, 0.2) is 17.3 Å². The lowest BCUT2D eigenvalue weighted by Gasteiger charge is -2.42. The molecular formula is C33H47NO7. The van der Waals surface area contributed by atoms with Crippen LogP contribution in [0.5, 0.6) is 11.5 Å². The van der Waals surface area contributed by atoms with Gasteiger partial charge >= 0.3 is 0 Å². The van der Waals surface area contributed by atoms with E-state index in [1.165, 1.54) is 7.11 Å².